The number of benzene rings is 3. The van der Waals surface area contributed by atoms with Crippen molar-refractivity contribution in [2.75, 3.05) is 25.3 Å². The van der Waals surface area contributed by atoms with Gasteiger partial charge < -0.3 is 24.6 Å². The molecule has 0 unspecified atom stereocenters. The molecule has 0 fully saturated rings. The van der Waals surface area contributed by atoms with E-state index in [9.17, 15) is 9.90 Å². The average molecular weight is 912 g/mol. The van der Waals surface area contributed by atoms with Gasteiger partial charge in [-0.25, -0.2) is 18.9 Å². The van der Waals surface area contributed by atoms with Crippen molar-refractivity contribution in [2.45, 2.75) is 91.1 Å². The van der Waals surface area contributed by atoms with Crippen molar-refractivity contribution in [3.8, 4) is 17.0 Å². The van der Waals surface area contributed by atoms with Gasteiger partial charge in [0.15, 0.2) is 18.4 Å². The van der Waals surface area contributed by atoms with Crippen molar-refractivity contribution in [1.29, 1.82) is 0 Å². The molecule has 0 saturated carbocycles. The summed E-state index contributed by atoms with van der Waals surface area (Å²) in [5.74, 6) is 0.239. The van der Waals surface area contributed by atoms with Crippen molar-refractivity contribution in [2.24, 2.45) is 0 Å². The summed E-state index contributed by atoms with van der Waals surface area (Å²) in [7, 11) is -2.55. The molecule has 0 aliphatic carbocycles. The summed E-state index contributed by atoms with van der Waals surface area (Å²) >= 11 is 2.23. The number of carbonyl (C=O) groups is 1. The summed E-state index contributed by atoms with van der Waals surface area (Å²) in [5.41, 5.74) is 5.65. The van der Waals surface area contributed by atoms with E-state index in [2.05, 4.69) is 67.2 Å². The lowest BCUT2D eigenvalue weighted by Gasteiger charge is -2.21. The zero-order chi connectivity index (χ0) is 40.5. The minimum Gasteiger partial charge on any atom is -0.465 e. The molecule has 2 heterocycles. The molecule has 56 heavy (non-hydrogen) atoms. The highest BCUT2D eigenvalue weighted by Crippen LogP contribution is 2.35. The van der Waals surface area contributed by atoms with Gasteiger partial charge >= 0.3 is 6.09 Å². The molecule has 0 saturated heterocycles. The predicted octanol–water partition coefficient (Wildman–Crippen LogP) is 10.7. The van der Waals surface area contributed by atoms with E-state index in [0.29, 0.717) is 43.3 Å². The number of aryl methyl sites for hydroxylation is 1. The topological polar surface area (TPSA) is 111 Å². The Morgan fingerprint density at radius 3 is 2.21 bits per heavy atom. The van der Waals surface area contributed by atoms with Gasteiger partial charge in [-0.05, 0) is 81.6 Å². The predicted molar refractivity (Wildman–Crippen MR) is 236 cm³/mol. The molecular weight excluding hydrogens is 857 g/mol. The monoisotopic (exact) mass is 911 g/mol. The summed E-state index contributed by atoms with van der Waals surface area (Å²) in [6, 6.07) is 24.6. The molecule has 2 N–H and O–H groups in total. The summed E-state index contributed by atoms with van der Waals surface area (Å²) < 4.78 is 36.0. The lowest BCUT2D eigenvalue weighted by atomic mass is 10.0. The van der Waals surface area contributed by atoms with Crippen LogP contribution in [0.4, 0.5) is 15.0 Å². The summed E-state index contributed by atoms with van der Waals surface area (Å²) in [4.78, 5) is 18.9. The van der Waals surface area contributed by atoms with Gasteiger partial charge in [0, 0.05) is 54.6 Å². The number of nitrogens with one attached hydrogen (secondary N) is 1. The molecule has 5 rings (SSSR count). The Bertz CT molecular complexity index is 2090. The van der Waals surface area contributed by atoms with Gasteiger partial charge in [0.1, 0.15) is 16.2 Å². The van der Waals surface area contributed by atoms with Crippen LogP contribution in [0.1, 0.15) is 29.2 Å². The van der Waals surface area contributed by atoms with E-state index in [1.807, 2.05) is 72.3 Å². The minimum atomic E-state index is -1.30. The first-order valence-electron chi connectivity index (χ1n) is 19.1. The molecule has 0 atom stereocenters. The number of ether oxygens (including phenoxy) is 3. The van der Waals surface area contributed by atoms with Crippen LogP contribution in [0.15, 0.2) is 72.8 Å². The van der Waals surface area contributed by atoms with Crippen molar-refractivity contribution in [3.63, 3.8) is 0 Å². The Hall–Kier alpha value is -3.84. The molecule has 14 heteroatoms. The maximum Gasteiger partial charge on any atom is 0.407 e. The van der Waals surface area contributed by atoms with Crippen LogP contribution in [0.5, 0.6) is 5.75 Å². The highest BCUT2D eigenvalue weighted by molar-refractivity contribution is 14.1. The largest absolute Gasteiger partial charge is 0.465 e. The zero-order valence-electron chi connectivity index (χ0n) is 33.6. The highest BCUT2D eigenvalue weighted by Gasteiger charge is 2.22. The Balaban J connectivity index is 1.47. The number of hydrogen-bond acceptors (Lipinski definition) is 7. The average Bonchev–Trinajstić information content (AvgIpc) is 3.47. The first-order chi connectivity index (χ1) is 26.6. The smallest absolute Gasteiger partial charge is 0.407 e. The molecule has 5 aromatic rings. The SMILES string of the molecule is CCc1cc(OCOCC[Si](C)(C)C)c(F)cc1-c1cc2c(c(I)nn2COCC[Si](C)(C)C)c(NCc2ccccc2CN(Cc2ccccc2)C(=O)O)n1. The second-order valence-electron chi connectivity index (χ2n) is 16.4. The van der Waals surface area contributed by atoms with Crippen molar-refractivity contribution in [3.05, 3.63) is 105 Å². The summed E-state index contributed by atoms with van der Waals surface area (Å²) in [6.07, 6.45) is -0.371. The van der Waals surface area contributed by atoms with Crippen LogP contribution in [0.2, 0.25) is 51.4 Å². The number of anilines is 1. The minimum absolute atomic E-state index is 0.0184. The first kappa shape index (κ1) is 43.3. The molecule has 0 bridgehead atoms. The maximum atomic E-state index is 15.8. The third kappa shape index (κ3) is 12.3. The molecule has 3 aromatic carbocycles. The number of pyridine rings is 1. The number of nitrogens with zero attached hydrogens (tertiary/aromatic N) is 4. The fourth-order valence-corrected chi connectivity index (χ4v) is 8.39. The molecule has 0 radical (unpaired) electrons. The van der Waals surface area contributed by atoms with Gasteiger partial charge in [-0.3, -0.25) is 4.90 Å². The maximum absolute atomic E-state index is 15.8. The normalized spacial score (nSPS) is 11.9. The number of carboxylic acid groups (broad SMARTS) is 1. The summed E-state index contributed by atoms with van der Waals surface area (Å²) in [5, 5.41) is 19.4. The van der Waals surface area contributed by atoms with Crippen molar-refractivity contribution in [1.82, 2.24) is 19.7 Å². The molecule has 1 amide bonds. The molecule has 300 valence electrons. The lowest BCUT2D eigenvalue weighted by Crippen LogP contribution is -2.29. The van der Waals surface area contributed by atoms with E-state index in [1.165, 1.54) is 11.0 Å². The third-order valence-corrected chi connectivity index (χ3v) is 13.6. The Morgan fingerprint density at radius 1 is 0.893 bits per heavy atom. The second kappa shape index (κ2) is 19.5. The number of halogens is 2. The van der Waals surface area contributed by atoms with Crippen LogP contribution in [-0.4, -0.2) is 67.0 Å². The standard InChI is InChI=1S/C42H55FIN5O5Si2/c1-8-31-22-38(54-29-53-19-21-56(5,6)7)35(43)23-34(31)36-24-37-39(40(44)47-49(37)28-52-18-20-55(2,3)4)41(46-36)45-25-32-16-12-13-17-33(32)27-48(42(50)51)26-30-14-10-9-11-15-30/h9-17,22-24H,8,18-21,25-29H2,1-7H3,(H,45,46)(H,50,51). The second-order valence-corrected chi connectivity index (χ2v) is 28.7. The van der Waals surface area contributed by atoms with Crippen LogP contribution >= 0.6 is 22.6 Å². The molecule has 10 nitrogen and oxygen atoms in total. The van der Waals surface area contributed by atoms with E-state index >= 15 is 4.39 Å². The number of rotatable bonds is 20. The Kier molecular flexibility index (Phi) is 15.1. The molecule has 0 aliphatic rings. The zero-order valence-corrected chi connectivity index (χ0v) is 37.8. The van der Waals surface area contributed by atoms with E-state index in [4.69, 9.17) is 24.3 Å². The third-order valence-electron chi connectivity index (χ3n) is 9.42. The van der Waals surface area contributed by atoms with Gasteiger partial charge in [0.2, 0.25) is 0 Å². The van der Waals surface area contributed by atoms with Crippen LogP contribution < -0.4 is 10.1 Å². The van der Waals surface area contributed by atoms with Gasteiger partial charge in [0.25, 0.3) is 0 Å². The van der Waals surface area contributed by atoms with Crippen LogP contribution in [0.25, 0.3) is 22.2 Å². The van der Waals surface area contributed by atoms with Crippen molar-refractivity contribution >= 4 is 61.6 Å². The van der Waals surface area contributed by atoms with Crippen molar-refractivity contribution < 1.29 is 28.5 Å². The molecular formula is C42H55FIN5O5Si2. The Labute approximate surface area is 345 Å². The van der Waals surface area contributed by atoms with Crippen LogP contribution in [-0.2, 0) is 42.3 Å². The quantitative estimate of drug-likeness (QED) is 0.0344. The Morgan fingerprint density at radius 2 is 1.55 bits per heavy atom. The van der Waals surface area contributed by atoms with Gasteiger partial charge in [-0.2, -0.15) is 5.10 Å². The summed E-state index contributed by atoms with van der Waals surface area (Å²) in [6.45, 7) is 18.2. The van der Waals surface area contributed by atoms with E-state index < -0.39 is 28.1 Å². The number of fused-ring (bicyclic) bond motifs is 1. The first-order valence-corrected chi connectivity index (χ1v) is 27.6. The van der Waals surface area contributed by atoms with E-state index in [0.717, 1.165) is 48.9 Å². The lowest BCUT2D eigenvalue weighted by molar-refractivity contribution is 0.0197. The number of aromatic nitrogens is 3. The van der Waals surface area contributed by atoms with E-state index in [1.54, 1.807) is 6.07 Å². The number of amides is 1. The fraction of sp³-hybridized carbons (Fsp3) is 0.405. The van der Waals surface area contributed by atoms with Crippen LogP contribution in [0.3, 0.4) is 0 Å². The molecule has 2 aromatic heterocycles. The van der Waals surface area contributed by atoms with Gasteiger partial charge in [0.05, 0.1) is 16.6 Å². The van der Waals surface area contributed by atoms with Gasteiger partial charge in [-0.1, -0.05) is 101 Å². The van der Waals surface area contributed by atoms with Gasteiger partial charge in [-0.15, -0.1) is 0 Å². The highest BCUT2D eigenvalue weighted by atomic mass is 127. The number of hydrogen-bond donors (Lipinski definition) is 2. The van der Waals surface area contributed by atoms with Crippen LogP contribution in [0, 0.1) is 9.52 Å². The van der Waals surface area contributed by atoms with E-state index in [-0.39, 0.29) is 32.4 Å². The fourth-order valence-electron chi connectivity index (χ4n) is 6.09. The molecule has 0 aliphatic heterocycles. The molecule has 0 spiro atoms.